The fourth-order valence-corrected chi connectivity index (χ4v) is 8.32. The lowest BCUT2D eigenvalue weighted by atomic mass is 9.62. The third-order valence-corrected chi connectivity index (χ3v) is 12.7. The minimum Gasteiger partial charge on any atom is -0.457 e. The van der Waals surface area contributed by atoms with Crippen LogP contribution in [0.2, 0.25) is 6.82 Å². The van der Waals surface area contributed by atoms with Gasteiger partial charge in [0.2, 0.25) is 0 Å². The zero-order valence-electron chi connectivity index (χ0n) is 39.0. The first-order valence-electron chi connectivity index (χ1n) is 21.7. The summed E-state index contributed by atoms with van der Waals surface area (Å²) in [4.78, 5) is 0. The standard InChI is InChI=1S/C18H18BNO2.2C17H16BNO3/c1-11-5-16(7-14(9-20)13(11)3)22-17-6-12(2)18-15(8-17)10-21-19(18)4;1-10-6-14(7-13(8-19)11(10)2)22-17-5-4-16-15(12(17)3)9-21-18(16)20;1-10-6-13(8-19)17(7-11(10)2)22-16-5-4-15-14(12(16)3)9-21-18(15)20/h5-8H,10H2,1-4H3;2*4-7,20H,9H2,1-3H3. The molecule has 14 heteroatoms. The fraction of sp³-hybridized carbons (Fsp3) is 0.250. The number of nitriles is 3. The molecule has 2 N–H and O–H groups in total. The molecule has 66 heavy (non-hydrogen) atoms. The summed E-state index contributed by atoms with van der Waals surface area (Å²) in [5.41, 5.74) is 17.0. The Kier molecular flexibility index (Phi) is 14.1. The molecule has 0 spiro atoms. The molecule has 3 heterocycles. The maximum Gasteiger partial charge on any atom is 0.491 e. The van der Waals surface area contributed by atoms with Crippen LogP contribution in [0.25, 0.3) is 0 Å². The molecular weight excluding hydrogens is 827 g/mol. The van der Waals surface area contributed by atoms with E-state index in [1.165, 1.54) is 16.6 Å². The molecule has 0 atom stereocenters. The average molecular weight is 877 g/mol. The van der Waals surface area contributed by atoms with E-state index in [1.54, 1.807) is 12.1 Å². The SMILES string of the molecule is CB1OCc2cc(Oc3cc(C)c(C)c(C#N)c3)cc(C)c21.Cc1cc(C#N)c(Oc2ccc3c(c2C)COB3O)cc1C.Cc1cc(Oc2ccc3c(c2C)COB3O)cc(C#N)c1C. The van der Waals surface area contributed by atoms with E-state index in [2.05, 4.69) is 32.0 Å². The van der Waals surface area contributed by atoms with E-state index in [0.717, 1.165) is 72.3 Å². The highest BCUT2D eigenvalue weighted by Gasteiger charge is 2.31. The Morgan fingerprint density at radius 3 is 1.47 bits per heavy atom. The van der Waals surface area contributed by atoms with Crippen molar-refractivity contribution in [1.82, 2.24) is 0 Å². The van der Waals surface area contributed by atoms with E-state index in [9.17, 15) is 25.8 Å². The predicted octanol–water partition coefficient (Wildman–Crippen LogP) is 8.62. The maximum atomic E-state index is 9.73. The molecule has 0 saturated heterocycles. The molecule has 0 bridgehead atoms. The fourth-order valence-electron chi connectivity index (χ4n) is 8.32. The number of ether oxygens (including phenoxy) is 3. The highest BCUT2D eigenvalue weighted by molar-refractivity contribution is 6.68. The third-order valence-electron chi connectivity index (χ3n) is 12.7. The van der Waals surface area contributed by atoms with Gasteiger partial charge in [0.1, 0.15) is 40.6 Å². The summed E-state index contributed by atoms with van der Waals surface area (Å²) in [7, 11) is -1.71. The van der Waals surface area contributed by atoms with Crippen molar-refractivity contribution in [2.75, 3.05) is 0 Å². The Labute approximate surface area is 388 Å². The lowest BCUT2D eigenvalue weighted by Crippen LogP contribution is -2.28. The Morgan fingerprint density at radius 1 is 0.470 bits per heavy atom. The highest BCUT2D eigenvalue weighted by Crippen LogP contribution is 2.34. The van der Waals surface area contributed by atoms with Gasteiger partial charge in [-0.3, -0.25) is 0 Å². The Balaban J connectivity index is 0.000000147. The summed E-state index contributed by atoms with van der Waals surface area (Å²) < 4.78 is 34.1. The first-order valence-corrected chi connectivity index (χ1v) is 21.7. The Morgan fingerprint density at radius 2 is 0.939 bits per heavy atom. The number of rotatable bonds is 6. The van der Waals surface area contributed by atoms with Crippen molar-refractivity contribution in [1.29, 1.82) is 15.8 Å². The Hall–Kier alpha value is -6.82. The van der Waals surface area contributed by atoms with Gasteiger partial charge in [0.25, 0.3) is 0 Å². The molecule has 0 aromatic heterocycles. The van der Waals surface area contributed by atoms with Gasteiger partial charge in [-0.25, -0.2) is 0 Å². The average Bonchev–Trinajstić information content (AvgIpc) is 3.99. The number of nitrogens with zero attached hydrogens (tertiary/aromatic N) is 3. The van der Waals surface area contributed by atoms with Crippen LogP contribution in [-0.2, 0) is 33.8 Å². The quantitative estimate of drug-likeness (QED) is 0.154. The lowest BCUT2D eigenvalue weighted by molar-refractivity contribution is 0.274. The van der Waals surface area contributed by atoms with Gasteiger partial charge in [0.05, 0.1) is 48.6 Å². The molecule has 9 rings (SSSR count). The molecule has 0 fully saturated rings. The number of fused-ring (bicyclic) bond motifs is 3. The molecular formula is C52H50B3N3O8. The van der Waals surface area contributed by atoms with E-state index >= 15 is 0 Å². The molecule has 0 saturated carbocycles. The first-order chi connectivity index (χ1) is 31.5. The second-order valence-electron chi connectivity index (χ2n) is 17.0. The van der Waals surface area contributed by atoms with Gasteiger partial charge in [0, 0.05) is 0 Å². The zero-order chi connectivity index (χ0) is 47.6. The van der Waals surface area contributed by atoms with Crippen molar-refractivity contribution in [3.63, 3.8) is 0 Å². The van der Waals surface area contributed by atoms with Crippen LogP contribution in [-0.4, -0.2) is 31.2 Å². The maximum absolute atomic E-state index is 9.73. The van der Waals surface area contributed by atoms with Crippen molar-refractivity contribution in [3.05, 3.63) is 156 Å². The van der Waals surface area contributed by atoms with E-state index in [4.69, 9.17) is 28.2 Å². The smallest absolute Gasteiger partial charge is 0.457 e. The third kappa shape index (κ3) is 9.73. The first kappa shape index (κ1) is 47.2. The topological polar surface area (TPSA) is 167 Å². The number of hydrogen-bond acceptors (Lipinski definition) is 11. The molecule has 0 aliphatic carbocycles. The molecule has 11 nitrogen and oxygen atoms in total. The van der Waals surface area contributed by atoms with Crippen LogP contribution in [0.5, 0.6) is 34.5 Å². The second-order valence-corrected chi connectivity index (χ2v) is 17.0. The van der Waals surface area contributed by atoms with Gasteiger partial charge in [-0.2, -0.15) is 15.8 Å². The van der Waals surface area contributed by atoms with Crippen LogP contribution in [0, 0.1) is 96.3 Å². The molecule has 0 amide bonds. The van der Waals surface area contributed by atoms with Crippen molar-refractivity contribution in [2.24, 2.45) is 0 Å². The normalized spacial score (nSPS) is 13.0. The van der Waals surface area contributed by atoms with E-state index in [1.807, 2.05) is 116 Å². The highest BCUT2D eigenvalue weighted by atomic mass is 16.5. The minimum atomic E-state index is -0.862. The van der Waals surface area contributed by atoms with Gasteiger partial charge in [-0.1, -0.05) is 19.0 Å². The summed E-state index contributed by atoms with van der Waals surface area (Å²) in [6, 6.07) is 29.1. The number of benzene rings is 6. The molecule has 6 aromatic carbocycles. The molecule has 6 aromatic rings. The van der Waals surface area contributed by atoms with Crippen LogP contribution in [0.1, 0.15) is 83.5 Å². The number of aryl methyl sites for hydroxylation is 5. The molecule has 3 aliphatic heterocycles. The summed E-state index contributed by atoms with van der Waals surface area (Å²) >= 11 is 0. The monoisotopic (exact) mass is 877 g/mol. The van der Waals surface area contributed by atoms with Crippen LogP contribution in [0.15, 0.2) is 72.8 Å². The predicted molar refractivity (Wildman–Crippen MR) is 256 cm³/mol. The summed E-state index contributed by atoms with van der Waals surface area (Å²) in [5.74, 6) is 4.07. The van der Waals surface area contributed by atoms with Crippen molar-refractivity contribution in [2.45, 2.75) is 89.0 Å². The summed E-state index contributed by atoms with van der Waals surface area (Å²) in [6.45, 7) is 21.4. The molecule has 0 radical (unpaired) electrons. The van der Waals surface area contributed by atoms with E-state index < -0.39 is 14.2 Å². The van der Waals surface area contributed by atoms with Crippen LogP contribution >= 0.6 is 0 Å². The largest absolute Gasteiger partial charge is 0.491 e. The lowest BCUT2D eigenvalue weighted by Gasteiger charge is -2.14. The number of hydrogen-bond donors (Lipinski definition) is 2. The summed E-state index contributed by atoms with van der Waals surface area (Å²) in [6.07, 6.45) is 0. The van der Waals surface area contributed by atoms with Gasteiger partial charge < -0.3 is 38.2 Å². The van der Waals surface area contributed by atoms with Crippen molar-refractivity contribution in [3.8, 4) is 52.7 Å². The van der Waals surface area contributed by atoms with E-state index in [0.29, 0.717) is 65.3 Å². The van der Waals surface area contributed by atoms with Crippen molar-refractivity contribution >= 4 is 37.5 Å². The van der Waals surface area contributed by atoms with Crippen molar-refractivity contribution < 1.29 is 38.2 Å². The van der Waals surface area contributed by atoms with Gasteiger partial charge >= 0.3 is 21.2 Å². The van der Waals surface area contributed by atoms with Gasteiger partial charge in [0.15, 0.2) is 0 Å². The zero-order valence-corrected chi connectivity index (χ0v) is 39.0. The summed E-state index contributed by atoms with van der Waals surface area (Å²) in [5, 5.41) is 47.1. The van der Waals surface area contributed by atoms with Gasteiger partial charge in [-0.05, 0) is 206 Å². The van der Waals surface area contributed by atoms with Crippen LogP contribution in [0.4, 0.5) is 0 Å². The molecule has 0 unspecified atom stereocenters. The van der Waals surface area contributed by atoms with E-state index in [-0.39, 0.29) is 6.92 Å². The molecule has 330 valence electrons. The minimum absolute atomic E-state index is 0.149. The second kappa shape index (κ2) is 19.7. The Bertz CT molecular complexity index is 3030. The van der Waals surface area contributed by atoms with Gasteiger partial charge in [-0.15, -0.1) is 0 Å². The van der Waals surface area contributed by atoms with Crippen LogP contribution in [0.3, 0.4) is 0 Å². The molecule has 3 aliphatic rings. The van der Waals surface area contributed by atoms with Crippen LogP contribution < -0.4 is 30.6 Å².